The minimum Gasteiger partial charge on any atom is -0.356 e. The van der Waals surface area contributed by atoms with Crippen molar-refractivity contribution in [3.8, 4) is 5.69 Å². The smallest absolute Gasteiger partial charge is 0.207 e. The fraction of sp³-hybridized carbons (Fsp3) is 0.357. The second-order valence-corrected chi connectivity index (χ2v) is 4.09. The van der Waals surface area contributed by atoms with E-state index >= 15 is 0 Å². The lowest BCUT2D eigenvalue weighted by Crippen LogP contribution is -2.06. The van der Waals surface area contributed by atoms with Crippen LogP contribution >= 0.6 is 0 Å². The van der Waals surface area contributed by atoms with Gasteiger partial charge in [0.1, 0.15) is 0 Å². The van der Waals surface area contributed by atoms with Gasteiger partial charge in [0.05, 0.1) is 11.4 Å². The maximum atomic E-state index is 4.50. The minimum atomic E-state index is 0.880. The fourth-order valence-electron chi connectivity index (χ4n) is 2.01. The molecule has 0 atom stereocenters. The number of hydrogen-bond acceptors (Lipinski definition) is 2. The average Bonchev–Trinajstić information content (AvgIpc) is 2.71. The summed E-state index contributed by atoms with van der Waals surface area (Å²) in [5.41, 5.74) is 3.59. The molecule has 1 aromatic heterocycles. The molecule has 90 valence electrons. The Morgan fingerprint density at radius 1 is 1.24 bits per heavy atom. The largest absolute Gasteiger partial charge is 0.356 e. The normalized spacial score (nSPS) is 10.5. The number of anilines is 1. The van der Waals surface area contributed by atoms with E-state index in [0.717, 1.165) is 24.6 Å². The zero-order valence-electron chi connectivity index (χ0n) is 10.7. The van der Waals surface area contributed by atoms with Crippen LogP contribution in [0.1, 0.15) is 25.1 Å². The summed E-state index contributed by atoms with van der Waals surface area (Å²) < 4.78 is 2.14. The van der Waals surface area contributed by atoms with Crippen molar-refractivity contribution >= 4 is 5.95 Å². The standard InChI is InChI=1S/C14H19N3/c1-4-12-8-6-7-9-13(12)17-10-11(3)16-14(17)15-5-2/h6-10H,4-5H2,1-3H3,(H,15,16). The van der Waals surface area contributed by atoms with E-state index in [0.29, 0.717) is 0 Å². The zero-order valence-corrected chi connectivity index (χ0v) is 10.7. The molecule has 17 heavy (non-hydrogen) atoms. The Morgan fingerprint density at radius 3 is 2.71 bits per heavy atom. The van der Waals surface area contributed by atoms with Crippen molar-refractivity contribution in [3.63, 3.8) is 0 Å². The Bertz CT molecular complexity index is 500. The molecule has 0 saturated heterocycles. The third-order valence-corrected chi connectivity index (χ3v) is 2.79. The third-order valence-electron chi connectivity index (χ3n) is 2.79. The van der Waals surface area contributed by atoms with E-state index in [4.69, 9.17) is 0 Å². The Kier molecular flexibility index (Phi) is 3.47. The molecule has 0 aliphatic rings. The van der Waals surface area contributed by atoms with Crippen LogP contribution in [0.5, 0.6) is 0 Å². The molecule has 1 aromatic carbocycles. The van der Waals surface area contributed by atoms with Crippen LogP contribution in [-0.2, 0) is 6.42 Å². The quantitative estimate of drug-likeness (QED) is 0.872. The van der Waals surface area contributed by atoms with Gasteiger partial charge in [0.2, 0.25) is 5.95 Å². The van der Waals surface area contributed by atoms with Crippen LogP contribution in [-0.4, -0.2) is 16.1 Å². The summed E-state index contributed by atoms with van der Waals surface area (Å²) >= 11 is 0. The first kappa shape index (κ1) is 11.7. The molecule has 2 rings (SSSR count). The van der Waals surface area contributed by atoms with Crippen molar-refractivity contribution in [2.45, 2.75) is 27.2 Å². The molecule has 0 bridgehead atoms. The fourth-order valence-corrected chi connectivity index (χ4v) is 2.01. The summed E-state index contributed by atoms with van der Waals surface area (Å²) in [4.78, 5) is 4.50. The van der Waals surface area contributed by atoms with E-state index in [1.54, 1.807) is 0 Å². The predicted octanol–water partition coefficient (Wildman–Crippen LogP) is 3.17. The number of imidazole rings is 1. The van der Waals surface area contributed by atoms with Crippen molar-refractivity contribution in [2.75, 3.05) is 11.9 Å². The minimum absolute atomic E-state index is 0.880. The molecule has 0 saturated carbocycles. The number of nitrogens with zero attached hydrogens (tertiary/aromatic N) is 2. The number of benzene rings is 1. The molecular weight excluding hydrogens is 210 g/mol. The number of para-hydroxylation sites is 1. The third kappa shape index (κ3) is 2.33. The second-order valence-electron chi connectivity index (χ2n) is 4.09. The van der Waals surface area contributed by atoms with Gasteiger partial charge in [-0.25, -0.2) is 4.98 Å². The van der Waals surface area contributed by atoms with Crippen LogP contribution in [0.25, 0.3) is 5.69 Å². The van der Waals surface area contributed by atoms with E-state index < -0.39 is 0 Å². The number of aromatic nitrogens is 2. The monoisotopic (exact) mass is 229 g/mol. The second kappa shape index (κ2) is 5.04. The highest BCUT2D eigenvalue weighted by Crippen LogP contribution is 2.20. The lowest BCUT2D eigenvalue weighted by atomic mass is 10.1. The number of rotatable bonds is 4. The Balaban J connectivity index is 2.51. The summed E-state index contributed by atoms with van der Waals surface area (Å²) in [6.45, 7) is 7.16. The highest BCUT2D eigenvalue weighted by atomic mass is 15.2. The summed E-state index contributed by atoms with van der Waals surface area (Å²) in [6, 6.07) is 8.46. The molecule has 0 fully saturated rings. The van der Waals surface area contributed by atoms with Crippen LogP contribution in [0.15, 0.2) is 30.5 Å². The zero-order chi connectivity index (χ0) is 12.3. The molecular formula is C14H19N3. The molecule has 2 aromatic rings. The van der Waals surface area contributed by atoms with Gasteiger partial charge in [-0.15, -0.1) is 0 Å². The van der Waals surface area contributed by atoms with Gasteiger partial charge < -0.3 is 5.32 Å². The first-order valence-corrected chi connectivity index (χ1v) is 6.14. The molecule has 0 aliphatic heterocycles. The van der Waals surface area contributed by atoms with Crippen molar-refractivity contribution in [1.82, 2.24) is 9.55 Å². The van der Waals surface area contributed by atoms with Crippen LogP contribution < -0.4 is 5.32 Å². The summed E-state index contributed by atoms with van der Waals surface area (Å²) in [6.07, 6.45) is 3.10. The van der Waals surface area contributed by atoms with E-state index in [1.165, 1.54) is 11.3 Å². The van der Waals surface area contributed by atoms with Gasteiger partial charge in [-0.05, 0) is 31.9 Å². The maximum Gasteiger partial charge on any atom is 0.207 e. The molecule has 3 nitrogen and oxygen atoms in total. The van der Waals surface area contributed by atoms with Crippen molar-refractivity contribution < 1.29 is 0 Å². The Labute approximate surface area is 103 Å². The van der Waals surface area contributed by atoms with E-state index in [9.17, 15) is 0 Å². The molecule has 0 spiro atoms. The van der Waals surface area contributed by atoms with Gasteiger partial charge in [0.25, 0.3) is 0 Å². The van der Waals surface area contributed by atoms with E-state index in [-0.39, 0.29) is 0 Å². The maximum absolute atomic E-state index is 4.50. The predicted molar refractivity (Wildman–Crippen MR) is 71.8 cm³/mol. The summed E-state index contributed by atoms with van der Waals surface area (Å²) in [5.74, 6) is 0.922. The average molecular weight is 229 g/mol. The number of hydrogen-bond donors (Lipinski definition) is 1. The van der Waals surface area contributed by atoms with Gasteiger partial charge in [0, 0.05) is 12.7 Å². The Hall–Kier alpha value is -1.77. The lowest BCUT2D eigenvalue weighted by molar-refractivity contribution is 0.987. The summed E-state index contributed by atoms with van der Waals surface area (Å²) in [7, 11) is 0. The van der Waals surface area contributed by atoms with Crippen LogP contribution in [0.3, 0.4) is 0 Å². The molecule has 0 unspecified atom stereocenters. The van der Waals surface area contributed by atoms with Crippen molar-refractivity contribution in [1.29, 1.82) is 0 Å². The summed E-state index contributed by atoms with van der Waals surface area (Å²) in [5, 5.41) is 3.30. The molecule has 1 N–H and O–H groups in total. The number of nitrogens with one attached hydrogen (secondary N) is 1. The van der Waals surface area contributed by atoms with Crippen LogP contribution in [0, 0.1) is 6.92 Å². The van der Waals surface area contributed by atoms with Gasteiger partial charge in [0.15, 0.2) is 0 Å². The highest BCUT2D eigenvalue weighted by Gasteiger charge is 2.09. The highest BCUT2D eigenvalue weighted by molar-refractivity contribution is 5.48. The Morgan fingerprint density at radius 2 is 2.00 bits per heavy atom. The molecule has 3 heteroatoms. The first-order valence-electron chi connectivity index (χ1n) is 6.14. The van der Waals surface area contributed by atoms with Gasteiger partial charge in [-0.3, -0.25) is 4.57 Å². The molecule has 1 heterocycles. The van der Waals surface area contributed by atoms with E-state index in [2.05, 4.69) is 59.2 Å². The van der Waals surface area contributed by atoms with Crippen LogP contribution in [0.2, 0.25) is 0 Å². The van der Waals surface area contributed by atoms with Crippen LogP contribution in [0.4, 0.5) is 5.95 Å². The first-order chi connectivity index (χ1) is 8.26. The molecule has 0 aliphatic carbocycles. The van der Waals surface area contributed by atoms with Gasteiger partial charge in [-0.2, -0.15) is 0 Å². The van der Waals surface area contributed by atoms with Crippen molar-refractivity contribution in [3.05, 3.63) is 41.7 Å². The lowest BCUT2D eigenvalue weighted by Gasteiger charge is -2.12. The topological polar surface area (TPSA) is 29.9 Å². The van der Waals surface area contributed by atoms with Gasteiger partial charge in [-0.1, -0.05) is 25.1 Å². The molecule has 0 radical (unpaired) electrons. The number of aryl methyl sites for hydroxylation is 2. The van der Waals surface area contributed by atoms with E-state index in [1.807, 2.05) is 6.92 Å². The van der Waals surface area contributed by atoms with Crippen molar-refractivity contribution in [2.24, 2.45) is 0 Å². The SMILES string of the molecule is CCNc1nc(C)cn1-c1ccccc1CC. The molecule has 0 amide bonds. The van der Waals surface area contributed by atoms with Gasteiger partial charge >= 0.3 is 0 Å².